The standard InChI is InChI=1S/C10H18N3/c1-2-10(12-9-3-5-11-9)13-6-4-8(1)7-13/h8-10,12H,1-7H2. The van der Waals surface area contributed by atoms with Gasteiger partial charge in [-0.25, -0.2) is 5.32 Å². The Labute approximate surface area is 79.9 Å². The molecule has 1 N–H and O–H groups in total. The first kappa shape index (κ1) is 8.21. The zero-order chi connectivity index (χ0) is 8.67. The van der Waals surface area contributed by atoms with Gasteiger partial charge in [-0.05, 0) is 38.1 Å². The minimum absolute atomic E-state index is 0.488. The summed E-state index contributed by atoms with van der Waals surface area (Å²) in [5.74, 6) is 1.01. The maximum absolute atomic E-state index is 4.41. The maximum atomic E-state index is 4.41. The molecule has 3 heteroatoms. The van der Waals surface area contributed by atoms with Gasteiger partial charge in [0.1, 0.15) is 0 Å². The first-order valence-corrected chi connectivity index (χ1v) is 5.58. The van der Waals surface area contributed by atoms with Crippen molar-refractivity contribution in [1.82, 2.24) is 15.5 Å². The van der Waals surface area contributed by atoms with Crippen LogP contribution in [0.4, 0.5) is 0 Å². The second kappa shape index (κ2) is 3.23. The van der Waals surface area contributed by atoms with Crippen LogP contribution in [0, 0.1) is 5.92 Å². The molecule has 3 heterocycles. The van der Waals surface area contributed by atoms with Crippen LogP contribution in [0.15, 0.2) is 0 Å². The van der Waals surface area contributed by atoms with Crippen molar-refractivity contribution in [2.75, 3.05) is 19.6 Å². The third-order valence-corrected chi connectivity index (χ3v) is 3.74. The molecule has 73 valence electrons. The highest BCUT2D eigenvalue weighted by Crippen LogP contribution is 2.30. The van der Waals surface area contributed by atoms with Gasteiger partial charge in [-0.3, -0.25) is 10.2 Å². The molecule has 0 aliphatic carbocycles. The molecule has 1 radical (unpaired) electrons. The Balaban J connectivity index is 1.57. The number of fused-ring (bicyclic) bond motifs is 2. The first-order chi connectivity index (χ1) is 6.42. The van der Waals surface area contributed by atoms with Crippen LogP contribution in [-0.2, 0) is 0 Å². The van der Waals surface area contributed by atoms with E-state index >= 15 is 0 Å². The second-order valence-corrected chi connectivity index (χ2v) is 4.62. The third kappa shape index (κ3) is 1.49. The van der Waals surface area contributed by atoms with E-state index in [0.29, 0.717) is 12.3 Å². The van der Waals surface area contributed by atoms with Crippen molar-refractivity contribution in [3.05, 3.63) is 0 Å². The third-order valence-electron chi connectivity index (χ3n) is 3.74. The van der Waals surface area contributed by atoms with Crippen molar-refractivity contribution >= 4 is 0 Å². The molecule has 3 nitrogen and oxygen atoms in total. The molecule has 0 saturated carbocycles. The van der Waals surface area contributed by atoms with Gasteiger partial charge in [0.2, 0.25) is 0 Å². The van der Waals surface area contributed by atoms with E-state index in [1.807, 2.05) is 0 Å². The molecule has 0 spiro atoms. The Kier molecular flexibility index (Phi) is 2.04. The molecular weight excluding hydrogens is 162 g/mol. The SMILES string of the molecule is C1CC(NC2CCC3CCN2C3)[N]1. The Hall–Kier alpha value is -0.120. The number of hydrogen-bond acceptors (Lipinski definition) is 2. The van der Waals surface area contributed by atoms with Gasteiger partial charge in [-0.15, -0.1) is 0 Å². The average Bonchev–Trinajstić information content (AvgIpc) is 2.45. The van der Waals surface area contributed by atoms with E-state index in [2.05, 4.69) is 15.5 Å². The summed E-state index contributed by atoms with van der Waals surface area (Å²) in [7, 11) is 0. The minimum atomic E-state index is 0.488. The van der Waals surface area contributed by atoms with Gasteiger partial charge >= 0.3 is 0 Å². The molecule has 0 amide bonds. The molecular formula is C10H18N3. The van der Waals surface area contributed by atoms with Crippen molar-refractivity contribution in [2.24, 2.45) is 5.92 Å². The molecule has 3 aliphatic heterocycles. The predicted molar refractivity (Wildman–Crippen MR) is 51.2 cm³/mol. The normalized spacial score (nSPS) is 48.9. The minimum Gasteiger partial charge on any atom is -0.288 e. The second-order valence-electron chi connectivity index (χ2n) is 4.62. The molecule has 0 aromatic rings. The number of nitrogens with one attached hydrogen (secondary N) is 1. The van der Waals surface area contributed by atoms with Crippen LogP contribution in [0.5, 0.6) is 0 Å². The molecule has 3 saturated heterocycles. The monoisotopic (exact) mass is 180 g/mol. The van der Waals surface area contributed by atoms with Crippen molar-refractivity contribution in [1.29, 1.82) is 0 Å². The summed E-state index contributed by atoms with van der Waals surface area (Å²) in [5, 5.41) is 8.05. The average molecular weight is 180 g/mol. The first-order valence-electron chi connectivity index (χ1n) is 5.58. The summed E-state index contributed by atoms with van der Waals surface area (Å²) < 4.78 is 0. The van der Waals surface area contributed by atoms with Crippen LogP contribution in [0.3, 0.4) is 0 Å². The smallest absolute Gasteiger partial charge is 0.0760 e. The van der Waals surface area contributed by atoms with E-state index in [9.17, 15) is 0 Å². The fraction of sp³-hybridized carbons (Fsp3) is 1.00. The summed E-state index contributed by atoms with van der Waals surface area (Å²) in [4.78, 5) is 2.61. The zero-order valence-corrected chi connectivity index (χ0v) is 8.08. The molecule has 4 unspecified atom stereocenters. The Morgan fingerprint density at radius 3 is 2.85 bits per heavy atom. The van der Waals surface area contributed by atoms with Gasteiger partial charge in [0.05, 0.1) is 12.3 Å². The quantitative estimate of drug-likeness (QED) is 0.664. The van der Waals surface area contributed by atoms with Gasteiger partial charge in [-0.2, -0.15) is 0 Å². The van der Waals surface area contributed by atoms with Crippen molar-refractivity contribution in [3.63, 3.8) is 0 Å². The van der Waals surface area contributed by atoms with E-state index < -0.39 is 0 Å². The molecule has 3 aliphatic rings. The molecule has 0 aromatic heterocycles. The lowest BCUT2D eigenvalue weighted by Gasteiger charge is -2.38. The zero-order valence-electron chi connectivity index (χ0n) is 8.08. The Morgan fingerprint density at radius 2 is 2.08 bits per heavy atom. The van der Waals surface area contributed by atoms with Crippen molar-refractivity contribution in [3.8, 4) is 0 Å². The van der Waals surface area contributed by atoms with Gasteiger partial charge in [0, 0.05) is 13.1 Å². The molecule has 3 fully saturated rings. The summed E-state index contributed by atoms with van der Waals surface area (Å²) in [6.45, 7) is 3.73. The van der Waals surface area contributed by atoms with Crippen molar-refractivity contribution < 1.29 is 0 Å². The molecule has 4 atom stereocenters. The van der Waals surface area contributed by atoms with Gasteiger partial charge in [-0.1, -0.05) is 0 Å². The summed E-state index contributed by atoms with van der Waals surface area (Å²) in [5.41, 5.74) is 0. The van der Waals surface area contributed by atoms with Gasteiger partial charge < -0.3 is 0 Å². The summed E-state index contributed by atoms with van der Waals surface area (Å²) in [6, 6.07) is 0. The largest absolute Gasteiger partial charge is 0.288 e. The lowest BCUT2D eigenvalue weighted by Crippen LogP contribution is -2.57. The van der Waals surface area contributed by atoms with Crippen LogP contribution >= 0.6 is 0 Å². The fourth-order valence-corrected chi connectivity index (χ4v) is 2.76. The summed E-state index contributed by atoms with van der Waals surface area (Å²) >= 11 is 0. The predicted octanol–water partition coefficient (Wildman–Crippen LogP) is 0.352. The fourth-order valence-electron chi connectivity index (χ4n) is 2.76. The molecule has 2 bridgehead atoms. The van der Waals surface area contributed by atoms with E-state index in [1.54, 1.807) is 0 Å². The molecule has 0 aromatic carbocycles. The number of hydrogen-bond donors (Lipinski definition) is 1. The number of piperidine rings is 1. The lowest BCUT2D eigenvalue weighted by molar-refractivity contribution is 0.112. The topological polar surface area (TPSA) is 29.4 Å². The van der Waals surface area contributed by atoms with Crippen LogP contribution in [0.1, 0.15) is 25.7 Å². The highest BCUT2D eigenvalue weighted by atomic mass is 15.3. The van der Waals surface area contributed by atoms with Gasteiger partial charge in [0.15, 0.2) is 0 Å². The molecule has 13 heavy (non-hydrogen) atoms. The van der Waals surface area contributed by atoms with Crippen LogP contribution in [0.2, 0.25) is 0 Å². The Bertz CT molecular complexity index is 191. The van der Waals surface area contributed by atoms with Crippen LogP contribution < -0.4 is 10.6 Å². The van der Waals surface area contributed by atoms with Crippen LogP contribution in [-0.4, -0.2) is 36.9 Å². The maximum Gasteiger partial charge on any atom is 0.0760 e. The van der Waals surface area contributed by atoms with E-state index in [-0.39, 0.29) is 0 Å². The number of nitrogens with zero attached hydrogens (tertiary/aromatic N) is 2. The lowest BCUT2D eigenvalue weighted by atomic mass is 9.99. The highest BCUT2D eigenvalue weighted by Gasteiger charge is 2.35. The highest BCUT2D eigenvalue weighted by molar-refractivity contribution is 4.89. The Morgan fingerprint density at radius 1 is 1.15 bits per heavy atom. The van der Waals surface area contributed by atoms with Gasteiger partial charge in [0.25, 0.3) is 0 Å². The number of rotatable bonds is 2. The van der Waals surface area contributed by atoms with E-state index in [0.717, 1.165) is 12.5 Å². The summed E-state index contributed by atoms with van der Waals surface area (Å²) in [6.07, 6.45) is 6.60. The van der Waals surface area contributed by atoms with Crippen molar-refractivity contribution in [2.45, 2.75) is 38.0 Å². The van der Waals surface area contributed by atoms with Crippen LogP contribution in [0.25, 0.3) is 0 Å². The van der Waals surface area contributed by atoms with E-state index in [1.165, 1.54) is 38.8 Å². The van der Waals surface area contributed by atoms with E-state index in [4.69, 9.17) is 0 Å². The molecule has 3 rings (SSSR count).